The highest BCUT2D eigenvalue weighted by atomic mass is 35.5. The Labute approximate surface area is 133 Å². The fourth-order valence-electron chi connectivity index (χ4n) is 2.31. The van der Waals surface area contributed by atoms with Gasteiger partial charge in [-0.3, -0.25) is 0 Å². The van der Waals surface area contributed by atoms with Crippen molar-refractivity contribution in [2.45, 2.75) is 5.92 Å². The second-order valence-electron chi connectivity index (χ2n) is 4.35. The van der Waals surface area contributed by atoms with Crippen LogP contribution in [-0.2, 0) is 0 Å². The number of thiophene rings is 1. The van der Waals surface area contributed by atoms with Crippen LogP contribution in [0.4, 0.5) is 0 Å². The monoisotopic (exact) mass is 327 g/mol. The van der Waals surface area contributed by atoms with Crippen LogP contribution in [0.5, 0.6) is 17.2 Å². The zero-order valence-electron chi connectivity index (χ0n) is 12.2. The van der Waals surface area contributed by atoms with E-state index < -0.39 is 0 Å². The number of methoxy groups -OCH3 is 3. The van der Waals surface area contributed by atoms with E-state index in [1.54, 1.807) is 21.3 Å². The minimum absolute atomic E-state index is 0.00254. The van der Waals surface area contributed by atoms with Crippen molar-refractivity contribution < 1.29 is 14.2 Å². The molecule has 0 bridgehead atoms. The van der Waals surface area contributed by atoms with Gasteiger partial charge in [-0.25, -0.2) is 0 Å². The first-order chi connectivity index (χ1) is 10.2. The fraction of sp³-hybridized carbons (Fsp3) is 0.333. The maximum atomic E-state index is 6.03. The van der Waals surface area contributed by atoms with Gasteiger partial charge in [-0.1, -0.05) is 17.7 Å². The van der Waals surface area contributed by atoms with Crippen molar-refractivity contribution in [3.63, 3.8) is 0 Å². The van der Waals surface area contributed by atoms with Gasteiger partial charge in [0.15, 0.2) is 11.5 Å². The molecule has 0 amide bonds. The first kappa shape index (κ1) is 15.9. The van der Waals surface area contributed by atoms with Gasteiger partial charge in [-0.15, -0.1) is 11.3 Å². The van der Waals surface area contributed by atoms with Crippen LogP contribution in [-0.4, -0.2) is 27.9 Å². The van der Waals surface area contributed by atoms with Gasteiger partial charge in [0, 0.05) is 22.9 Å². The van der Waals surface area contributed by atoms with Gasteiger partial charge in [0.25, 0.3) is 0 Å². The zero-order chi connectivity index (χ0) is 15.4. The summed E-state index contributed by atoms with van der Waals surface area (Å²) in [5.41, 5.74) is 6.92. The van der Waals surface area contributed by atoms with E-state index >= 15 is 0 Å². The van der Waals surface area contributed by atoms with Crippen LogP contribution in [0.3, 0.4) is 0 Å². The third kappa shape index (κ3) is 3.10. The molecule has 0 fully saturated rings. The number of rotatable bonds is 6. The Kier molecular flexibility index (Phi) is 5.33. The standard InChI is InChI=1S/C15H18ClNO3S/c1-18-11-5-4-9(14(19-2)15(11)20-3)10(8-17)12-6-7-13(16)21-12/h4-7,10H,8,17H2,1-3H3. The summed E-state index contributed by atoms with van der Waals surface area (Å²) in [4.78, 5) is 1.09. The molecule has 1 aromatic carbocycles. The van der Waals surface area contributed by atoms with E-state index in [1.165, 1.54) is 11.3 Å². The molecule has 6 heteroatoms. The van der Waals surface area contributed by atoms with Crippen LogP contribution < -0.4 is 19.9 Å². The molecule has 0 aliphatic carbocycles. The molecule has 1 atom stereocenters. The highest BCUT2D eigenvalue weighted by Crippen LogP contribution is 2.45. The van der Waals surface area contributed by atoms with E-state index in [0.29, 0.717) is 23.8 Å². The molecule has 0 spiro atoms. The summed E-state index contributed by atoms with van der Waals surface area (Å²) in [7, 11) is 4.79. The third-order valence-corrected chi connectivity index (χ3v) is 4.63. The van der Waals surface area contributed by atoms with Crippen LogP contribution in [0, 0.1) is 0 Å². The van der Waals surface area contributed by atoms with Crippen molar-refractivity contribution in [1.82, 2.24) is 0 Å². The van der Waals surface area contributed by atoms with Gasteiger partial charge < -0.3 is 19.9 Å². The lowest BCUT2D eigenvalue weighted by molar-refractivity contribution is 0.321. The van der Waals surface area contributed by atoms with E-state index in [2.05, 4.69) is 0 Å². The van der Waals surface area contributed by atoms with E-state index in [1.807, 2.05) is 24.3 Å². The van der Waals surface area contributed by atoms with Gasteiger partial charge in [0.05, 0.1) is 25.7 Å². The van der Waals surface area contributed by atoms with Crippen molar-refractivity contribution in [3.05, 3.63) is 39.0 Å². The predicted octanol–water partition coefficient (Wildman–Crippen LogP) is 3.52. The normalized spacial score (nSPS) is 12.0. The van der Waals surface area contributed by atoms with E-state index in [-0.39, 0.29) is 5.92 Å². The summed E-state index contributed by atoms with van der Waals surface area (Å²) in [6.07, 6.45) is 0. The van der Waals surface area contributed by atoms with Crippen LogP contribution in [0.2, 0.25) is 4.34 Å². The fourth-order valence-corrected chi connectivity index (χ4v) is 3.50. The summed E-state index contributed by atoms with van der Waals surface area (Å²) in [6, 6.07) is 7.66. The molecule has 0 saturated carbocycles. The molecule has 2 rings (SSSR count). The molecule has 1 unspecified atom stereocenters. The maximum Gasteiger partial charge on any atom is 0.203 e. The minimum atomic E-state index is -0.00254. The Morgan fingerprint density at radius 3 is 2.24 bits per heavy atom. The van der Waals surface area contributed by atoms with Crippen LogP contribution in [0.1, 0.15) is 16.4 Å². The van der Waals surface area contributed by atoms with Gasteiger partial charge in [0.1, 0.15) is 0 Å². The lowest BCUT2D eigenvalue weighted by Crippen LogP contribution is -2.14. The number of halogens is 1. The number of ether oxygens (including phenoxy) is 3. The molecule has 1 heterocycles. The third-order valence-electron chi connectivity index (χ3n) is 3.28. The summed E-state index contributed by atoms with van der Waals surface area (Å²) in [6.45, 7) is 0.447. The van der Waals surface area contributed by atoms with Crippen LogP contribution >= 0.6 is 22.9 Å². The molecule has 21 heavy (non-hydrogen) atoms. The molecule has 114 valence electrons. The van der Waals surface area contributed by atoms with Crippen molar-refractivity contribution in [1.29, 1.82) is 0 Å². The number of hydrogen-bond donors (Lipinski definition) is 1. The average molecular weight is 328 g/mol. The summed E-state index contributed by atoms with van der Waals surface area (Å²) in [5.74, 6) is 1.82. The predicted molar refractivity (Wildman–Crippen MR) is 86.3 cm³/mol. The average Bonchev–Trinajstić information content (AvgIpc) is 2.93. The Morgan fingerprint density at radius 1 is 1.05 bits per heavy atom. The first-order valence-electron chi connectivity index (χ1n) is 6.40. The SMILES string of the molecule is COc1ccc(C(CN)c2ccc(Cl)s2)c(OC)c1OC. The Hall–Kier alpha value is -1.43. The van der Waals surface area contributed by atoms with Crippen LogP contribution in [0.25, 0.3) is 0 Å². The van der Waals surface area contributed by atoms with Gasteiger partial charge in [-0.05, 0) is 18.2 Å². The quantitative estimate of drug-likeness (QED) is 0.882. The van der Waals surface area contributed by atoms with Crippen molar-refractivity contribution in [2.24, 2.45) is 5.73 Å². The first-order valence-corrected chi connectivity index (χ1v) is 7.59. The molecule has 1 aromatic heterocycles. The molecular formula is C15H18ClNO3S. The molecular weight excluding hydrogens is 310 g/mol. The minimum Gasteiger partial charge on any atom is -0.493 e. The molecule has 4 nitrogen and oxygen atoms in total. The van der Waals surface area contributed by atoms with E-state index in [0.717, 1.165) is 14.8 Å². The van der Waals surface area contributed by atoms with Gasteiger partial charge >= 0.3 is 0 Å². The smallest absolute Gasteiger partial charge is 0.203 e. The topological polar surface area (TPSA) is 53.7 Å². The largest absolute Gasteiger partial charge is 0.493 e. The number of hydrogen-bond acceptors (Lipinski definition) is 5. The number of benzene rings is 1. The Bertz CT molecular complexity index is 615. The maximum absolute atomic E-state index is 6.03. The second kappa shape index (κ2) is 7.02. The Morgan fingerprint density at radius 2 is 1.76 bits per heavy atom. The van der Waals surface area contributed by atoms with Crippen molar-refractivity contribution in [3.8, 4) is 17.2 Å². The lowest BCUT2D eigenvalue weighted by atomic mass is 9.96. The lowest BCUT2D eigenvalue weighted by Gasteiger charge is -2.20. The van der Waals surface area contributed by atoms with Gasteiger partial charge in [0.2, 0.25) is 5.75 Å². The number of nitrogens with two attached hydrogens (primary N) is 1. The van der Waals surface area contributed by atoms with Crippen molar-refractivity contribution >= 4 is 22.9 Å². The van der Waals surface area contributed by atoms with Crippen LogP contribution in [0.15, 0.2) is 24.3 Å². The highest BCUT2D eigenvalue weighted by molar-refractivity contribution is 7.16. The Balaban J connectivity index is 2.55. The molecule has 0 radical (unpaired) electrons. The summed E-state index contributed by atoms with van der Waals surface area (Å²) >= 11 is 7.55. The second-order valence-corrected chi connectivity index (χ2v) is 6.10. The highest BCUT2D eigenvalue weighted by Gasteiger charge is 2.23. The summed E-state index contributed by atoms with van der Waals surface area (Å²) < 4.78 is 17.0. The van der Waals surface area contributed by atoms with E-state index in [4.69, 9.17) is 31.5 Å². The van der Waals surface area contributed by atoms with E-state index in [9.17, 15) is 0 Å². The molecule has 0 aliphatic heterocycles. The molecule has 0 aliphatic rings. The van der Waals surface area contributed by atoms with Gasteiger partial charge in [-0.2, -0.15) is 0 Å². The molecule has 2 N–H and O–H groups in total. The van der Waals surface area contributed by atoms with Crippen molar-refractivity contribution in [2.75, 3.05) is 27.9 Å². The zero-order valence-corrected chi connectivity index (χ0v) is 13.8. The molecule has 2 aromatic rings. The molecule has 0 saturated heterocycles. The summed E-state index contributed by atoms with van der Waals surface area (Å²) in [5, 5.41) is 0.